The van der Waals surface area contributed by atoms with Crippen LogP contribution in [0.3, 0.4) is 0 Å². The van der Waals surface area contributed by atoms with Gasteiger partial charge in [0.15, 0.2) is 0 Å². The first-order valence-electron chi connectivity index (χ1n) is 8.48. The van der Waals surface area contributed by atoms with Gasteiger partial charge in [-0.2, -0.15) is 0 Å². The third-order valence-corrected chi connectivity index (χ3v) is 5.38. The summed E-state index contributed by atoms with van der Waals surface area (Å²) < 4.78 is 5.52. The summed E-state index contributed by atoms with van der Waals surface area (Å²) in [6.07, 6.45) is 3.53. The lowest BCUT2D eigenvalue weighted by atomic mass is 9.86. The van der Waals surface area contributed by atoms with Crippen LogP contribution < -0.4 is 0 Å². The lowest BCUT2D eigenvalue weighted by Crippen LogP contribution is -2.63. The number of benzene rings is 1. The number of carbonyl (C=O) groups is 1. The number of hydrogen-bond donors (Lipinski definition) is 0. The summed E-state index contributed by atoms with van der Waals surface area (Å²) in [6.45, 7) is 3.88. The van der Waals surface area contributed by atoms with Gasteiger partial charge >= 0.3 is 0 Å². The molecule has 0 atom stereocenters. The van der Waals surface area contributed by atoms with Crippen molar-refractivity contribution < 1.29 is 9.53 Å². The number of aromatic nitrogens is 2. The van der Waals surface area contributed by atoms with Crippen molar-refractivity contribution in [2.24, 2.45) is 0 Å². The molecule has 6 heteroatoms. The molecule has 0 aliphatic carbocycles. The predicted octanol–water partition coefficient (Wildman–Crippen LogP) is 1.57. The fourth-order valence-corrected chi connectivity index (χ4v) is 3.75. The zero-order chi connectivity index (χ0) is 16.6. The first kappa shape index (κ1) is 15.5. The third kappa shape index (κ3) is 2.65. The van der Waals surface area contributed by atoms with Crippen LogP contribution in [0.2, 0.25) is 0 Å². The predicted molar refractivity (Wildman–Crippen MR) is 90.9 cm³/mol. The van der Waals surface area contributed by atoms with Crippen LogP contribution in [0.4, 0.5) is 0 Å². The number of likely N-dealkylation sites (N-methyl/N-ethyl adjacent to an activating group) is 1. The second-order valence-corrected chi connectivity index (χ2v) is 6.73. The molecule has 4 rings (SSSR count). The van der Waals surface area contributed by atoms with Crippen LogP contribution in [-0.2, 0) is 4.74 Å². The van der Waals surface area contributed by atoms with E-state index in [1.54, 1.807) is 6.20 Å². The summed E-state index contributed by atoms with van der Waals surface area (Å²) in [6, 6.07) is 7.64. The highest BCUT2D eigenvalue weighted by molar-refractivity contribution is 5.94. The standard InChI is InChI=1S/C18H22N4O2/c1-21-8-9-22(13-18(21)6-10-24-11-7-18)17(23)16-12-19-14-4-2-3-5-15(14)20-16/h2-5,12H,6-11,13H2,1H3. The highest BCUT2D eigenvalue weighted by Crippen LogP contribution is 2.31. The zero-order valence-corrected chi connectivity index (χ0v) is 13.9. The van der Waals surface area contributed by atoms with Crippen molar-refractivity contribution >= 4 is 16.9 Å². The average Bonchev–Trinajstić information content (AvgIpc) is 2.64. The number of rotatable bonds is 1. The molecule has 0 saturated carbocycles. The number of ether oxygens (including phenoxy) is 1. The molecular weight excluding hydrogens is 304 g/mol. The van der Waals surface area contributed by atoms with Crippen LogP contribution in [-0.4, -0.2) is 71.1 Å². The van der Waals surface area contributed by atoms with Gasteiger partial charge in [0, 0.05) is 38.4 Å². The molecule has 2 aliphatic heterocycles. The van der Waals surface area contributed by atoms with Gasteiger partial charge in [-0.1, -0.05) is 12.1 Å². The Hall–Kier alpha value is -2.05. The van der Waals surface area contributed by atoms with Gasteiger partial charge in [0.2, 0.25) is 0 Å². The molecular formula is C18H22N4O2. The van der Waals surface area contributed by atoms with Crippen molar-refractivity contribution in [3.63, 3.8) is 0 Å². The molecule has 2 aliphatic rings. The maximum Gasteiger partial charge on any atom is 0.274 e. The quantitative estimate of drug-likeness (QED) is 0.796. The molecule has 0 bridgehead atoms. The number of piperazine rings is 1. The smallest absolute Gasteiger partial charge is 0.274 e. The summed E-state index contributed by atoms with van der Waals surface area (Å²) in [5, 5.41) is 0. The van der Waals surface area contributed by atoms with E-state index >= 15 is 0 Å². The van der Waals surface area contributed by atoms with Crippen molar-refractivity contribution in [1.82, 2.24) is 19.8 Å². The van der Waals surface area contributed by atoms with Gasteiger partial charge in [-0.25, -0.2) is 4.98 Å². The van der Waals surface area contributed by atoms with Crippen LogP contribution in [0.25, 0.3) is 11.0 Å². The topological polar surface area (TPSA) is 58.6 Å². The Morgan fingerprint density at radius 3 is 2.71 bits per heavy atom. The fourth-order valence-electron chi connectivity index (χ4n) is 3.75. The van der Waals surface area contributed by atoms with Crippen molar-refractivity contribution in [3.05, 3.63) is 36.2 Å². The lowest BCUT2D eigenvalue weighted by Gasteiger charge is -2.51. The molecule has 0 unspecified atom stereocenters. The molecule has 1 aromatic heterocycles. The molecule has 1 amide bonds. The fraction of sp³-hybridized carbons (Fsp3) is 0.500. The lowest BCUT2D eigenvalue weighted by molar-refractivity contribution is -0.0544. The molecule has 126 valence electrons. The number of hydrogen-bond acceptors (Lipinski definition) is 5. The van der Waals surface area contributed by atoms with Gasteiger partial charge in [0.1, 0.15) is 5.69 Å². The van der Waals surface area contributed by atoms with Gasteiger partial charge < -0.3 is 9.64 Å². The van der Waals surface area contributed by atoms with Gasteiger partial charge in [-0.3, -0.25) is 14.7 Å². The SMILES string of the molecule is CN1CCN(C(=O)c2cnc3ccccc3n2)CC12CCOCC2. The van der Waals surface area contributed by atoms with E-state index in [1.165, 1.54) is 0 Å². The van der Waals surface area contributed by atoms with E-state index in [0.717, 1.165) is 56.7 Å². The largest absolute Gasteiger partial charge is 0.381 e. The average molecular weight is 326 g/mol. The minimum atomic E-state index is -0.0211. The van der Waals surface area contributed by atoms with E-state index in [9.17, 15) is 4.79 Å². The first-order valence-corrected chi connectivity index (χ1v) is 8.48. The summed E-state index contributed by atoms with van der Waals surface area (Å²) in [5.74, 6) is -0.0211. The molecule has 0 N–H and O–H groups in total. The Morgan fingerprint density at radius 1 is 1.17 bits per heavy atom. The summed E-state index contributed by atoms with van der Waals surface area (Å²) in [5.41, 5.74) is 2.04. The highest BCUT2D eigenvalue weighted by atomic mass is 16.5. The van der Waals surface area contributed by atoms with Crippen molar-refractivity contribution in [3.8, 4) is 0 Å². The second kappa shape index (κ2) is 6.11. The van der Waals surface area contributed by atoms with E-state index < -0.39 is 0 Å². The summed E-state index contributed by atoms with van der Waals surface area (Å²) in [4.78, 5) is 26.2. The summed E-state index contributed by atoms with van der Waals surface area (Å²) in [7, 11) is 2.16. The first-order chi connectivity index (χ1) is 11.7. The van der Waals surface area contributed by atoms with Crippen LogP contribution in [0.1, 0.15) is 23.3 Å². The Morgan fingerprint density at radius 2 is 1.92 bits per heavy atom. The van der Waals surface area contributed by atoms with E-state index in [1.807, 2.05) is 29.2 Å². The van der Waals surface area contributed by atoms with Gasteiger partial charge in [-0.05, 0) is 32.0 Å². The zero-order valence-electron chi connectivity index (χ0n) is 13.9. The number of para-hydroxylation sites is 2. The number of fused-ring (bicyclic) bond motifs is 1. The van der Waals surface area contributed by atoms with Gasteiger partial charge in [-0.15, -0.1) is 0 Å². The van der Waals surface area contributed by atoms with Gasteiger partial charge in [0.25, 0.3) is 5.91 Å². The monoisotopic (exact) mass is 326 g/mol. The highest BCUT2D eigenvalue weighted by Gasteiger charge is 2.42. The minimum Gasteiger partial charge on any atom is -0.381 e. The second-order valence-electron chi connectivity index (χ2n) is 6.73. The third-order valence-electron chi connectivity index (χ3n) is 5.38. The molecule has 2 fully saturated rings. The minimum absolute atomic E-state index is 0.0211. The Bertz CT molecular complexity index is 758. The summed E-state index contributed by atoms with van der Waals surface area (Å²) >= 11 is 0. The number of carbonyl (C=O) groups excluding carboxylic acids is 1. The Balaban J connectivity index is 1.58. The van der Waals surface area contributed by atoms with E-state index in [0.29, 0.717) is 5.69 Å². The van der Waals surface area contributed by atoms with Crippen LogP contribution in [0.15, 0.2) is 30.5 Å². The number of nitrogens with zero attached hydrogens (tertiary/aromatic N) is 4. The van der Waals surface area contributed by atoms with Gasteiger partial charge in [0.05, 0.1) is 17.2 Å². The molecule has 1 aromatic carbocycles. The molecule has 0 radical (unpaired) electrons. The molecule has 6 nitrogen and oxygen atoms in total. The maximum atomic E-state index is 12.9. The Labute approximate surface area is 141 Å². The molecule has 2 saturated heterocycles. The van der Waals surface area contributed by atoms with E-state index in [-0.39, 0.29) is 11.4 Å². The van der Waals surface area contributed by atoms with Crippen molar-refractivity contribution in [2.45, 2.75) is 18.4 Å². The van der Waals surface area contributed by atoms with Crippen LogP contribution >= 0.6 is 0 Å². The van der Waals surface area contributed by atoms with Crippen LogP contribution in [0, 0.1) is 0 Å². The molecule has 24 heavy (non-hydrogen) atoms. The van der Waals surface area contributed by atoms with E-state index in [2.05, 4.69) is 21.9 Å². The van der Waals surface area contributed by atoms with E-state index in [4.69, 9.17) is 4.74 Å². The van der Waals surface area contributed by atoms with Crippen LogP contribution in [0.5, 0.6) is 0 Å². The molecule has 2 aromatic rings. The Kier molecular flexibility index (Phi) is 3.94. The molecule has 3 heterocycles. The molecule has 1 spiro atoms. The maximum absolute atomic E-state index is 12.9. The number of amides is 1. The van der Waals surface area contributed by atoms with Crippen molar-refractivity contribution in [1.29, 1.82) is 0 Å². The normalized spacial score (nSPS) is 21.3. The van der Waals surface area contributed by atoms with Crippen molar-refractivity contribution in [2.75, 3.05) is 39.9 Å².